The van der Waals surface area contributed by atoms with Gasteiger partial charge in [-0.2, -0.15) is 0 Å². The van der Waals surface area contributed by atoms with E-state index in [1.54, 1.807) is 19.2 Å². The van der Waals surface area contributed by atoms with Crippen LogP contribution in [0.3, 0.4) is 0 Å². The van der Waals surface area contributed by atoms with E-state index in [4.69, 9.17) is 9.47 Å². The van der Waals surface area contributed by atoms with Crippen LogP contribution in [-0.4, -0.2) is 50.2 Å². The molecule has 0 spiro atoms. The zero-order valence-electron chi connectivity index (χ0n) is 16.0. The molecule has 1 aliphatic rings. The quantitative estimate of drug-likeness (QED) is 0.744. The molecule has 140 valence electrons. The minimum absolute atomic E-state index is 0.0602. The van der Waals surface area contributed by atoms with E-state index in [-0.39, 0.29) is 5.91 Å². The highest BCUT2D eigenvalue weighted by molar-refractivity contribution is 5.94. The standard InChI is InChI=1S/C20H32N2O3/c1-5-22-11-6-7-17(22)14-21-20(23)16-8-9-18(19(13-16)24-4)25-12-10-15(2)3/h8-9,13,15,17H,5-7,10-12,14H2,1-4H3,(H,21,23). The van der Waals surface area contributed by atoms with Gasteiger partial charge in [0.15, 0.2) is 11.5 Å². The molecule has 1 heterocycles. The van der Waals surface area contributed by atoms with Crippen molar-refractivity contribution < 1.29 is 14.3 Å². The fourth-order valence-electron chi connectivity index (χ4n) is 3.19. The number of nitrogens with zero attached hydrogens (tertiary/aromatic N) is 1. The second-order valence-electron chi connectivity index (χ2n) is 7.03. The first-order valence-corrected chi connectivity index (χ1v) is 9.38. The molecule has 25 heavy (non-hydrogen) atoms. The van der Waals surface area contributed by atoms with Crippen molar-refractivity contribution in [1.82, 2.24) is 10.2 Å². The number of benzene rings is 1. The predicted molar refractivity (Wildman–Crippen MR) is 101 cm³/mol. The Kier molecular flexibility index (Phi) is 7.56. The van der Waals surface area contributed by atoms with Gasteiger partial charge in [-0.1, -0.05) is 20.8 Å². The molecule has 2 rings (SSSR count). The Hall–Kier alpha value is -1.75. The molecule has 1 atom stereocenters. The van der Waals surface area contributed by atoms with Crippen molar-refractivity contribution in [3.8, 4) is 11.5 Å². The van der Waals surface area contributed by atoms with Crippen LogP contribution in [0.1, 0.15) is 50.4 Å². The van der Waals surface area contributed by atoms with E-state index < -0.39 is 0 Å². The normalized spacial score (nSPS) is 17.7. The van der Waals surface area contributed by atoms with Crippen LogP contribution in [0, 0.1) is 5.92 Å². The number of methoxy groups -OCH3 is 1. The third kappa shape index (κ3) is 5.63. The van der Waals surface area contributed by atoms with Gasteiger partial charge in [0.2, 0.25) is 0 Å². The number of hydrogen-bond donors (Lipinski definition) is 1. The van der Waals surface area contributed by atoms with Gasteiger partial charge in [0.05, 0.1) is 13.7 Å². The monoisotopic (exact) mass is 348 g/mol. The molecule has 5 heteroatoms. The van der Waals surface area contributed by atoms with Gasteiger partial charge in [-0.25, -0.2) is 0 Å². The Labute approximate surface area is 151 Å². The first-order valence-electron chi connectivity index (χ1n) is 9.38. The minimum Gasteiger partial charge on any atom is -0.493 e. The Morgan fingerprint density at radius 2 is 2.16 bits per heavy atom. The van der Waals surface area contributed by atoms with Crippen LogP contribution >= 0.6 is 0 Å². The number of likely N-dealkylation sites (N-methyl/N-ethyl adjacent to an activating group) is 1. The molecule has 1 fully saturated rings. The maximum absolute atomic E-state index is 12.5. The number of rotatable bonds is 9. The van der Waals surface area contributed by atoms with Crippen molar-refractivity contribution in [2.75, 3.05) is 33.4 Å². The summed E-state index contributed by atoms with van der Waals surface area (Å²) < 4.78 is 11.2. The fraction of sp³-hybridized carbons (Fsp3) is 0.650. The molecule has 0 radical (unpaired) electrons. The molecule has 1 unspecified atom stereocenters. The summed E-state index contributed by atoms with van der Waals surface area (Å²) in [6.45, 7) is 10.0. The van der Waals surface area contributed by atoms with Gasteiger partial charge >= 0.3 is 0 Å². The largest absolute Gasteiger partial charge is 0.493 e. The number of nitrogens with one attached hydrogen (secondary N) is 1. The lowest BCUT2D eigenvalue weighted by Gasteiger charge is -2.23. The molecular weight excluding hydrogens is 316 g/mol. The SMILES string of the molecule is CCN1CCCC1CNC(=O)c1ccc(OCCC(C)C)c(OC)c1. The summed E-state index contributed by atoms with van der Waals surface area (Å²) in [4.78, 5) is 14.9. The van der Waals surface area contributed by atoms with Crippen molar-refractivity contribution in [2.45, 2.75) is 46.1 Å². The average molecular weight is 348 g/mol. The van der Waals surface area contributed by atoms with Crippen molar-refractivity contribution in [3.05, 3.63) is 23.8 Å². The topological polar surface area (TPSA) is 50.8 Å². The Morgan fingerprint density at radius 3 is 2.84 bits per heavy atom. The van der Waals surface area contributed by atoms with Crippen molar-refractivity contribution >= 4 is 5.91 Å². The highest BCUT2D eigenvalue weighted by Crippen LogP contribution is 2.28. The average Bonchev–Trinajstić information content (AvgIpc) is 3.07. The molecule has 1 saturated heterocycles. The highest BCUT2D eigenvalue weighted by atomic mass is 16.5. The molecule has 0 aliphatic carbocycles. The van der Waals surface area contributed by atoms with Crippen LogP contribution in [0.25, 0.3) is 0 Å². The second-order valence-corrected chi connectivity index (χ2v) is 7.03. The number of hydrogen-bond acceptors (Lipinski definition) is 4. The molecule has 1 amide bonds. The lowest BCUT2D eigenvalue weighted by molar-refractivity contribution is 0.0941. The summed E-state index contributed by atoms with van der Waals surface area (Å²) in [6, 6.07) is 5.83. The van der Waals surface area contributed by atoms with Gasteiger partial charge in [0.25, 0.3) is 5.91 Å². The smallest absolute Gasteiger partial charge is 0.251 e. The molecule has 0 saturated carbocycles. The van der Waals surface area contributed by atoms with Crippen LogP contribution in [0.2, 0.25) is 0 Å². The van der Waals surface area contributed by atoms with E-state index in [1.165, 1.54) is 6.42 Å². The summed E-state index contributed by atoms with van der Waals surface area (Å²) in [7, 11) is 1.60. The lowest BCUT2D eigenvalue weighted by atomic mass is 10.1. The van der Waals surface area contributed by atoms with Crippen LogP contribution in [0.5, 0.6) is 11.5 Å². The maximum Gasteiger partial charge on any atom is 0.251 e. The van der Waals surface area contributed by atoms with Crippen molar-refractivity contribution in [1.29, 1.82) is 0 Å². The lowest BCUT2D eigenvalue weighted by Crippen LogP contribution is -2.40. The zero-order chi connectivity index (χ0) is 18.2. The summed E-state index contributed by atoms with van der Waals surface area (Å²) in [6.07, 6.45) is 3.35. The molecule has 1 aliphatic heterocycles. The molecule has 0 aromatic heterocycles. The van der Waals surface area contributed by atoms with E-state index in [1.807, 2.05) is 6.07 Å². The number of carbonyl (C=O) groups excluding carboxylic acids is 1. The highest BCUT2D eigenvalue weighted by Gasteiger charge is 2.23. The van der Waals surface area contributed by atoms with E-state index in [0.717, 1.165) is 25.9 Å². The van der Waals surface area contributed by atoms with E-state index in [9.17, 15) is 4.79 Å². The minimum atomic E-state index is -0.0602. The third-order valence-corrected chi connectivity index (χ3v) is 4.78. The summed E-state index contributed by atoms with van der Waals surface area (Å²) in [5, 5.41) is 3.06. The zero-order valence-corrected chi connectivity index (χ0v) is 16.0. The van der Waals surface area contributed by atoms with Gasteiger partial charge in [-0.05, 0) is 56.5 Å². The molecule has 5 nitrogen and oxygen atoms in total. The van der Waals surface area contributed by atoms with Crippen molar-refractivity contribution in [2.24, 2.45) is 5.92 Å². The van der Waals surface area contributed by atoms with Gasteiger partial charge in [-0.15, -0.1) is 0 Å². The summed E-state index contributed by atoms with van der Waals surface area (Å²) in [5.74, 6) is 1.82. The maximum atomic E-state index is 12.5. The van der Waals surface area contributed by atoms with Crippen LogP contribution in [0.15, 0.2) is 18.2 Å². The molecule has 1 aromatic carbocycles. The van der Waals surface area contributed by atoms with Crippen LogP contribution in [-0.2, 0) is 0 Å². The van der Waals surface area contributed by atoms with Crippen LogP contribution < -0.4 is 14.8 Å². The number of likely N-dealkylation sites (tertiary alicyclic amines) is 1. The Balaban J connectivity index is 1.93. The fourth-order valence-corrected chi connectivity index (χ4v) is 3.19. The molecule has 0 bridgehead atoms. The first kappa shape index (κ1) is 19.6. The van der Waals surface area contributed by atoms with E-state index >= 15 is 0 Å². The van der Waals surface area contributed by atoms with Gasteiger partial charge in [0.1, 0.15) is 0 Å². The molecule has 1 N–H and O–H groups in total. The van der Waals surface area contributed by atoms with Crippen molar-refractivity contribution in [3.63, 3.8) is 0 Å². The van der Waals surface area contributed by atoms with Gasteiger partial charge < -0.3 is 14.8 Å². The number of amides is 1. The predicted octanol–water partition coefficient (Wildman–Crippen LogP) is 3.33. The van der Waals surface area contributed by atoms with E-state index in [2.05, 4.69) is 31.0 Å². The summed E-state index contributed by atoms with van der Waals surface area (Å²) in [5.41, 5.74) is 0.606. The third-order valence-electron chi connectivity index (χ3n) is 4.78. The summed E-state index contributed by atoms with van der Waals surface area (Å²) >= 11 is 0. The van der Waals surface area contributed by atoms with Gasteiger partial charge in [0, 0.05) is 18.2 Å². The first-order chi connectivity index (χ1) is 12.0. The van der Waals surface area contributed by atoms with Crippen LogP contribution in [0.4, 0.5) is 0 Å². The second kappa shape index (κ2) is 9.66. The molecular formula is C20H32N2O3. The number of carbonyl (C=O) groups is 1. The number of ether oxygens (including phenoxy) is 2. The Morgan fingerprint density at radius 1 is 1.36 bits per heavy atom. The Bertz CT molecular complexity index is 560. The van der Waals surface area contributed by atoms with E-state index in [0.29, 0.717) is 42.2 Å². The van der Waals surface area contributed by atoms with Gasteiger partial charge in [-0.3, -0.25) is 9.69 Å². The molecule has 1 aromatic rings.